The van der Waals surface area contributed by atoms with Crippen LogP contribution in [0.2, 0.25) is 5.02 Å². The molecule has 0 saturated carbocycles. The third-order valence-electron chi connectivity index (χ3n) is 4.10. The summed E-state index contributed by atoms with van der Waals surface area (Å²) in [6.45, 7) is 4.08. The number of hydrogen-bond acceptors (Lipinski definition) is 4. The van der Waals surface area contributed by atoms with Crippen LogP contribution in [0.3, 0.4) is 0 Å². The zero-order valence-corrected chi connectivity index (χ0v) is 16.4. The lowest BCUT2D eigenvalue weighted by Gasteiger charge is -2.13. The van der Waals surface area contributed by atoms with Crippen LogP contribution >= 0.6 is 11.6 Å². The number of rotatable bonds is 7. The van der Waals surface area contributed by atoms with Gasteiger partial charge in [0.25, 0.3) is 5.91 Å². The lowest BCUT2D eigenvalue weighted by Crippen LogP contribution is -2.36. The van der Waals surface area contributed by atoms with Gasteiger partial charge >= 0.3 is 0 Å². The number of benzene rings is 1. The molecule has 0 aliphatic rings. The number of carbonyl (C=O) groups is 2. The second kappa shape index (κ2) is 8.75. The molecular formula is C20H21ClN4O3. The zero-order valence-electron chi connectivity index (χ0n) is 15.6. The van der Waals surface area contributed by atoms with Crippen molar-refractivity contribution in [1.29, 1.82) is 0 Å². The van der Waals surface area contributed by atoms with Gasteiger partial charge in [-0.15, -0.1) is 0 Å². The standard InChI is InChI=1S/C20H21ClN4O3/c1-13(2)19-17(11-24-25(19)15-6-3-5-14(21)9-15)20(27)23-12-18(26)22-10-16-7-4-8-28-16/h3-9,11,13H,10,12H2,1-2H3,(H,22,26)(H,23,27). The van der Waals surface area contributed by atoms with Crippen LogP contribution in [0.15, 0.2) is 53.3 Å². The third kappa shape index (κ3) is 4.61. The van der Waals surface area contributed by atoms with E-state index in [0.29, 0.717) is 16.3 Å². The third-order valence-corrected chi connectivity index (χ3v) is 4.34. The van der Waals surface area contributed by atoms with E-state index in [9.17, 15) is 9.59 Å². The Morgan fingerprint density at radius 3 is 2.71 bits per heavy atom. The van der Waals surface area contributed by atoms with Crippen LogP contribution in [0.1, 0.15) is 41.6 Å². The van der Waals surface area contributed by atoms with Crippen LogP contribution < -0.4 is 10.6 Å². The normalized spacial score (nSPS) is 10.9. The van der Waals surface area contributed by atoms with Crippen LogP contribution in [-0.4, -0.2) is 28.1 Å². The van der Waals surface area contributed by atoms with Crippen molar-refractivity contribution in [3.63, 3.8) is 0 Å². The highest BCUT2D eigenvalue weighted by atomic mass is 35.5. The molecule has 0 fully saturated rings. The number of nitrogens with one attached hydrogen (secondary N) is 2. The van der Waals surface area contributed by atoms with E-state index in [1.165, 1.54) is 12.5 Å². The molecule has 0 bridgehead atoms. The fraction of sp³-hybridized carbons (Fsp3) is 0.250. The van der Waals surface area contributed by atoms with E-state index >= 15 is 0 Å². The highest BCUT2D eigenvalue weighted by molar-refractivity contribution is 6.30. The molecule has 3 rings (SSSR count). The first-order valence-corrected chi connectivity index (χ1v) is 9.24. The van der Waals surface area contributed by atoms with Gasteiger partial charge in [-0.2, -0.15) is 5.10 Å². The molecule has 3 aromatic rings. The zero-order chi connectivity index (χ0) is 20.1. The molecule has 8 heteroatoms. The summed E-state index contributed by atoms with van der Waals surface area (Å²) in [6.07, 6.45) is 3.04. The van der Waals surface area contributed by atoms with Crippen molar-refractivity contribution in [3.05, 3.63) is 70.9 Å². The van der Waals surface area contributed by atoms with Crippen molar-refractivity contribution in [3.8, 4) is 5.69 Å². The second-order valence-electron chi connectivity index (χ2n) is 6.53. The van der Waals surface area contributed by atoms with Gasteiger partial charge in [0.2, 0.25) is 5.91 Å². The molecular weight excluding hydrogens is 380 g/mol. The fourth-order valence-corrected chi connectivity index (χ4v) is 3.00. The topological polar surface area (TPSA) is 89.2 Å². The molecule has 2 aromatic heterocycles. The maximum atomic E-state index is 12.6. The Morgan fingerprint density at radius 1 is 1.21 bits per heavy atom. The Bertz CT molecular complexity index is 964. The molecule has 0 radical (unpaired) electrons. The SMILES string of the molecule is CC(C)c1c(C(=O)NCC(=O)NCc2ccco2)cnn1-c1cccc(Cl)c1. The summed E-state index contributed by atoms with van der Waals surface area (Å²) in [7, 11) is 0. The van der Waals surface area contributed by atoms with Gasteiger partial charge in [-0.05, 0) is 36.2 Å². The summed E-state index contributed by atoms with van der Waals surface area (Å²) in [6, 6.07) is 10.8. The van der Waals surface area contributed by atoms with Crippen LogP contribution in [0.5, 0.6) is 0 Å². The first-order chi connectivity index (χ1) is 13.5. The minimum absolute atomic E-state index is 0.0370. The molecule has 0 aliphatic heterocycles. The second-order valence-corrected chi connectivity index (χ2v) is 6.97. The average Bonchev–Trinajstić information content (AvgIpc) is 3.34. The summed E-state index contributed by atoms with van der Waals surface area (Å²) in [4.78, 5) is 24.6. The van der Waals surface area contributed by atoms with Gasteiger partial charge in [0.1, 0.15) is 5.76 Å². The number of nitrogens with zero attached hydrogens (tertiary/aromatic N) is 2. The molecule has 0 unspecified atom stereocenters. The smallest absolute Gasteiger partial charge is 0.255 e. The van der Waals surface area contributed by atoms with Gasteiger partial charge in [-0.25, -0.2) is 4.68 Å². The van der Waals surface area contributed by atoms with Crippen LogP contribution in [0.25, 0.3) is 5.69 Å². The van der Waals surface area contributed by atoms with E-state index in [-0.39, 0.29) is 30.8 Å². The molecule has 146 valence electrons. The molecule has 0 atom stereocenters. The van der Waals surface area contributed by atoms with Crippen molar-refractivity contribution in [2.45, 2.75) is 26.3 Å². The van der Waals surface area contributed by atoms with Gasteiger partial charge in [0, 0.05) is 5.02 Å². The average molecular weight is 401 g/mol. The highest BCUT2D eigenvalue weighted by Gasteiger charge is 2.21. The quantitative estimate of drug-likeness (QED) is 0.636. The minimum Gasteiger partial charge on any atom is -0.467 e. The number of furan rings is 1. The number of halogens is 1. The van der Waals surface area contributed by atoms with Crippen molar-refractivity contribution in [2.75, 3.05) is 6.54 Å². The van der Waals surface area contributed by atoms with E-state index in [1.54, 1.807) is 28.9 Å². The molecule has 7 nitrogen and oxygen atoms in total. The first kappa shape index (κ1) is 19.7. The molecule has 0 saturated heterocycles. The van der Waals surface area contributed by atoms with E-state index in [4.69, 9.17) is 16.0 Å². The largest absolute Gasteiger partial charge is 0.467 e. The molecule has 2 N–H and O–H groups in total. The number of aromatic nitrogens is 2. The van der Waals surface area contributed by atoms with E-state index in [0.717, 1.165) is 11.4 Å². The van der Waals surface area contributed by atoms with Gasteiger partial charge in [0.15, 0.2) is 0 Å². The number of carbonyl (C=O) groups excluding carboxylic acids is 2. The Morgan fingerprint density at radius 2 is 2.04 bits per heavy atom. The van der Waals surface area contributed by atoms with Gasteiger partial charge in [-0.1, -0.05) is 31.5 Å². The molecule has 2 amide bonds. The Balaban J connectivity index is 1.68. The molecule has 28 heavy (non-hydrogen) atoms. The van der Waals surface area contributed by atoms with Crippen molar-refractivity contribution in [1.82, 2.24) is 20.4 Å². The van der Waals surface area contributed by atoms with Gasteiger partial charge in [-0.3, -0.25) is 9.59 Å². The monoisotopic (exact) mass is 400 g/mol. The van der Waals surface area contributed by atoms with E-state index in [1.807, 2.05) is 26.0 Å². The fourth-order valence-electron chi connectivity index (χ4n) is 2.82. The van der Waals surface area contributed by atoms with Crippen LogP contribution in [0.4, 0.5) is 0 Å². The molecule has 1 aromatic carbocycles. The van der Waals surface area contributed by atoms with E-state index < -0.39 is 0 Å². The van der Waals surface area contributed by atoms with Crippen LogP contribution in [0, 0.1) is 0 Å². The molecule has 0 aliphatic carbocycles. The van der Waals surface area contributed by atoms with Gasteiger partial charge in [0.05, 0.1) is 42.5 Å². The Kier molecular flexibility index (Phi) is 6.16. The summed E-state index contributed by atoms with van der Waals surface area (Å²) < 4.78 is 6.85. The summed E-state index contributed by atoms with van der Waals surface area (Å²) in [5.74, 6) is 0.0165. The summed E-state index contributed by atoms with van der Waals surface area (Å²) in [5.41, 5.74) is 1.94. The lowest BCUT2D eigenvalue weighted by atomic mass is 10.1. The Labute approximate surface area is 167 Å². The summed E-state index contributed by atoms with van der Waals surface area (Å²) in [5, 5.41) is 10.3. The predicted octanol–water partition coefficient (Wildman–Crippen LogP) is 3.29. The highest BCUT2D eigenvalue weighted by Crippen LogP contribution is 2.24. The van der Waals surface area contributed by atoms with Crippen LogP contribution in [-0.2, 0) is 11.3 Å². The maximum Gasteiger partial charge on any atom is 0.255 e. The minimum atomic E-state index is -0.356. The first-order valence-electron chi connectivity index (χ1n) is 8.87. The van der Waals surface area contributed by atoms with Crippen molar-refractivity contribution < 1.29 is 14.0 Å². The molecule has 2 heterocycles. The van der Waals surface area contributed by atoms with Crippen molar-refractivity contribution >= 4 is 23.4 Å². The van der Waals surface area contributed by atoms with E-state index in [2.05, 4.69) is 15.7 Å². The van der Waals surface area contributed by atoms with Gasteiger partial charge < -0.3 is 15.1 Å². The number of hydrogen-bond donors (Lipinski definition) is 2. The molecule has 0 spiro atoms. The Hall–Kier alpha value is -3.06. The summed E-state index contributed by atoms with van der Waals surface area (Å²) >= 11 is 6.08. The van der Waals surface area contributed by atoms with Crippen molar-refractivity contribution in [2.24, 2.45) is 0 Å². The number of amides is 2. The maximum absolute atomic E-state index is 12.6. The lowest BCUT2D eigenvalue weighted by molar-refractivity contribution is -0.120. The predicted molar refractivity (Wildman–Crippen MR) is 106 cm³/mol.